The van der Waals surface area contributed by atoms with Crippen LogP contribution in [0.5, 0.6) is 5.75 Å². The number of amides is 1. The molecule has 5 rings (SSSR count). The zero-order chi connectivity index (χ0) is 23.3. The molecule has 170 valence electrons. The predicted octanol–water partition coefficient (Wildman–Crippen LogP) is 5.51. The molecular formula is C26H25FN2O3S. The van der Waals surface area contributed by atoms with Gasteiger partial charge < -0.3 is 9.64 Å². The van der Waals surface area contributed by atoms with Gasteiger partial charge in [-0.3, -0.25) is 9.59 Å². The number of nitrogens with zero attached hydrogens (tertiary/aromatic N) is 2. The van der Waals surface area contributed by atoms with E-state index in [1.807, 2.05) is 37.8 Å². The molecule has 0 saturated carbocycles. The highest BCUT2D eigenvalue weighted by Crippen LogP contribution is 2.42. The SMILES string of the molecule is Cc1ccc2c(c1C)OC1(CCN(C(=O)c3sc(-c4ccc(F)cc4)nc3C)CC1)CC2=O. The molecule has 1 fully saturated rings. The Morgan fingerprint density at radius 2 is 1.79 bits per heavy atom. The van der Waals surface area contributed by atoms with Crippen molar-refractivity contribution in [1.29, 1.82) is 0 Å². The number of ketones is 1. The van der Waals surface area contributed by atoms with E-state index in [0.29, 0.717) is 59.2 Å². The molecule has 1 amide bonds. The Kier molecular flexibility index (Phi) is 5.32. The third-order valence-electron chi connectivity index (χ3n) is 6.82. The second-order valence-electron chi connectivity index (χ2n) is 9.00. The number of piperidine rings is 1. The molecule has 2 aliphatic rings. The Bertz CT molecular complexity index is 1260. The van der Waals surface area contributed by atoms with E-state index in [9.17, 15) is 14.0 Å². The number of carbonyl (C=O) groups is 2. The summed E-state index contributed by atoms with van der Waals surface area (Å²) < 4.78 is 19.7. The van der Waals surface area contributed by atoms with Crippen LogP contribution in [0.1, 0.15) is 56.1 Å². The van der Waals surface area contributed by atoms with Crippen LogP contribution >= 0.6 is 11.3 Å². The first-order chi connectivity index (χ1) is 15.8. The molecule has 0 radical (unpaired) electrons. The molecule has 0 bridgehead atoms. The molecule has 0 unspecified atom stereocenters. The molecule has 1 saturated heterocycles. The molecule has 3 heterocycles. The number of aryl methyl sites for hydroxylation is 2. The van der Waals surface area contributed by atoms with Crippen LogP contribution in [0.3, 0.4) is 0 Å². The summed E-state index contributed by atoms with van der Waals surface area (Å²) >= 11 is 1.33. The summed E-state index contributed by atoms with van der Waals surface area (Å²) in [4.78, 5) is 33.1. The van der Waals surface area contributed by atoms with Gasteiger partial charge in [0.05, 0.1) is 17.7 Å². The smallest absolute Gasteiger partial charge is 0.265 e. The number of halogens is 1. The number of Topliss-reactive ketones (excluding diaryl/α,β-unsaturated/α-hetero) is 1. The Morgan fingerprint density at radius 1 is 1.09 bits per heavy atom. The summed E-state index contributed by atoms with van der Waals surface area (Å²) in [5, 5.41) is 0.702. The lowest BCUT2D eigenvalue weighted by atomic mass is 9.81. The second-order valence-corrected chi connectivity index (χ2v) is 10.0. The number of hydrogen-bond acceptors (Lipinski definition) is 5. The maximum atomic E-state index is 13.3. The van der Waals surface area contributed by atoms with Crippen molar-refractivity contribution in [3.05, 3.63) is 69.5 Å². The van der Waals surface area contributed by atoms with Crippen molar-refractivity contribution in [3.8, 4) is 16.3 Å². The van der Waals surface area contributed by atoms with Crippen molar-refractivity contribution in [3.63, 3.8) is 0 Å². The Labute approximate surface area is 196 Å². The van der Waals surface area contributed by atoms with Gasteiger partial charge in [-0.15, -0.1) is 11.3 Å². The topological polar surface area (TPSA) is 59.5 Å². The largest absolute Gasteiger partial charge is 0.486 e. The number of ether oxygens (including phenoxy) is 1. The third kappa shape index (κ3) is 3.84. The van der Waals surface area contributed by atoms with Gasteiger partial charge in [0.2, 0.25) is 0 Å². The molecule has 0 N–H and O–H groups in total. The first kappa shape index (κ1) is 21.8. The van der Waals surface area contributed by atoms with E-state index in [2.05, 4.69) is 4.98 Å². The summed E-state index contributed by atoms with van der Waals surface area (Å²) in [5.74, 6) is 0.458. The maximum absolute atomic E-state index is 13.3. The maximum Gasteiger partial charge on any atom is 0.265 e. The number of benzene rings is 2. The van der Waals surface area contributed by atoms with Crippen LogP contribution in [0.2, 0.25) is 0 Å². The van der Waals surface area contributed by atoms with Gasteiger partial charge in [0.15, 0.2) is 5.78 Å². The number of aromatic nitrogens is 1. The van der Waals surface area contributed by atoms with Gasteiger partial charge >= 0.3 is 0 Å². The number of hydrogen-bond donors (Lipinski definition) is 0. The minimum Gasteiger partial charge on any atom is -0.486 e. The van der Waals surface area contributed by atoms with Gasteiger partial charge in [-0.25, -0.2) is 9.37 Å². The highest BCUT2D eigenvalue weighted by Gasteiger charge is 2.44. The molecule has 2 aliphatic heterocycles. The van der Waals surface area contributed by atoms with E-state index in [-0.39, 0.29) is 17.5 Å². The molecule has 3 aromatic rings. The van der Waals surface area contributed by atoms with E-state index in [0.717, 1.165) is 16.7 Å². The summed E-state index contributed by atoms with van der Waals surface area (Å²) in [6.45, 7) is 6.88. The third-order valence-corrected chi connectivity index (χ3v) is 8.02. The average molecular weight is 465 g/mol. The molecule has 33 heavy (non-hydrogen) atoms. The van der Waals surface area contributed by atoms with Crippen LogP contribution in [0, 0.1) is 26.6 Å². The summed E-state index contributed by atoms with van der Waals surface area (Å²) in [5.41, 5.74) is 3.68. The van der Waals surface area contributed by atoms with Crippen molar-refractivity contribution >= 4 is 23.0 Å². The van der Waals surface area contributed by atoms with Crippen LogP contribution < -0.4 is 4.74 Å². The van der Waals surface area contributed by atoms with Crippen molar-refractivity contribution in [1.82, 2.24) is 9.88 Å². The second kappa shape index (κ2) is 8.06. The van der Waals surface area contributed by atoms with Crippen molar-refractivity contribution in [2.45, 2.75) is 45.6 Å². The number of carbonyl (C=O) groups excluding carboxylic acids is 2. The quantitative estimate of drug-likeness (QED) is 0.501. The highest BCUT2D eigenvalue weighted by molar-refractivity contribution is 7.17. The molecule has 1 spiro atoms. The lowest BCUT2D eigenvalue weighted by molar-refractivity contribution is -0.00610. The van der Waals surface area contributed by atoms with Gasteiger partial charge in [-0.2, -0.15) is 0 Å². The summed E-state index contributed by atoms with van der Waals surface area (Å²) in [7, 11) is 0. The van der Waals surface area contributed by atoms with E-state index < -0.39 is 5.60 Å². The minimum absolute atomic E-state index is 0.0530. The van der Waals surface area contributed by atoms with Gasteiger partial charge in [-0.05, 0) is 62.2 Å². The minimum atomic E-state index is -0.554. The van der Waals surface area contributed by atoms with E-state index in [1.54, 1.807) is 12.1 Å². The number of fused-ring (bicyclic) bond motifs is 1. The Hall–Kier alpha value is -3.06. The van der Waals surface area contributed by atoms with E-state index >= 15 is 0 Å². The number of likely N-dealkylation sites (tertiary alicyclic amines) is 1. The molecule has 1 aromatic heterocycles. The van der Waals surface area contributed by atoms with Gasteiger partial charge in [0.1, 0.15) is 27.1 Å². The average Bonchev–Trinajstić information content (AvgIpc) is 3.19. The first-order valence-electron chi connectivity index (χ1n) is 11.1. The zero-order valence-corrected chi connectivity index (χ0v) is 19.7. The Morgan fingerprint density at radius 3 is 2.48 bits per heavy atom. The van der Waals surface area contributed by atoms with Crippen LogP contribution in [0.4, 0.5) is 4.39 Å². The monoisotopic (exact) mass is 464 g/mol. The molecule has 5 nitrogen and oxygen atoms in total. The van der Waals surface area contributed by atoms with E-state index in [1.165, 1.54) is 23.5 Å². The molecule has 7 heteroatoms. The van der Waals surface area contributed by atoms with Crippen LogP contribution in [-0.2, 0) is 0 Å². The van der Waals surface area contributed by atoms with Gasteiger partial charge in [-0.1, -0.05) is 6.07 Å². The van der Waals surface area contributed by atoms with Crippen LogP contribution in [0.25, 0.3) is 10.6 Å². The lowest BCUT2D eigenvalue weighted by Gasteiger charge is -2.44. The van der Waals surface area contributed by atoms with Gasteiger partial charge in [0.25, 0.3) is 5.91 Å². The molecule has 0 aliphatic carbocycles. The lowest BCUT2D eigenvalue weighted by Crippen LogP contribution is -2.52. The van der Waals surface area contributed by atoms with Crippen LogP contribution in [-0.4, -0.2) is 40.3 Å². The fourth-order valence-corrected chi connectivity index (χ4v) is 5.67. The fourth-order valence-electron chi connectivity index (χ4n) is 4.63. The molecule has 2 aromatic carbocycles. The molecule has 0 atom stereocenters. The summed E-state index contributed by atoms with van der Waals surface area (Å²) in [6.07, 6.45) is 1.57. The number of thiazole rings is 1. The molecular weight excluding hydrogens is 439 g/mol. The van der Waals surface area contributed by atoms with Crippen molar-refractivity contribution in [2.24, 2.45) is 0 Å². The first-order valence-corrected chi connectivity index (χ1v) is 11.9. The normalized spacial score (nSPS) is 17.1. The summed E-state index contributed by atoms with van der Waals surface area (Å²) in [6, 6.07) is 9.95. The van der Waals surface area contributed by atoms with Gasteiger partial charge in [0, 0.05) is 31.5 Å². The zero-order valence-electron chi connectivity index (χ0n) is 18.9. The predicted molar refractivity (Wildman–Crippen MR) is 126 cm³/mol. The van der Waals surface area contributed by atoms with E-state index in [4.69, 9.17) is 4.74 Å². The number of rotatable bonds is 2. The highest BCUT2D eigenvalue weighted by atomic mass is 32.1. The van der Waals surface area contributed by atoms with Crippen molar-refractivity contribution < 1.29 is 18.7 Å². The van der Waals surface area contributed by atoms with Crippen molar-refractivity contribution in [2.75, 3.05) is 13.1 Å². The Balaban J connectivity index is 1.33. The van der Waals surface area contributed by atoms with Crippen LogP contribution in [0.15, 0.2) is 36.4 Å². The fraction of sp³-hybridized carbons (Fsp3) is 0.346. The standard InChI is InChI=1S/C26H25FN2O3S/c1-15-4-9-20-21(30)14-26(32-22(20)16(15)2)10-12-29(13-11-26)25(31)23-17(3)28-24(33-23)18-5-7-19(27)8-6-18/h4-9H,10-14H2,1-3H3.